The van der Waals surface area contributed by atoms with Gasteiger partial charge in [0.15, 0.2) is 11.0 Å². The molecule has 0 radical (unpaired) electrons. The number of amides is 1. The van der Waals surface area contributed by atoms with Gasteiger partial charge in [-0.3, -0.25) is 9.36 Å². The van der Waals surface area contributed by atoms with E-state index in [-0.39, 0.29) is 11.2 Å². The zero-order valence-corrected chi connectivity index (χ0v) is 18.2. The van der Waals surface area contributed by atoms with Crippen molar-refractivity contribution in [2.24, 2.45) is 0 Å². The summed E-state index contributed by atoms with van der Waals surface area (Å²) in [5.41, 5.74) is 2.11. The lowest BCUT2D eigenvalue weighted by molar-refractivity contribution is -0.115. The van der Waals surface area contributed by atoms with Gasteiger partial charge in [-0.2, -0.15) is 0 Å². The highest BCUT2D eigenvalue weighted by atomic mass is 32.2. The zero-order valence-electron chi connectivity index (χ0n) is 17.4. The smallest absolute Gasteiger partial charge is 0.239 e. The molecule has 0 spiro atoms. The van der Waals surface area contributed by atoms with E-state index >= 15 is 0 Å². The molecule has 0 saturated carbocycles. The number of rotatable bonds is 8. The van der Waals surface area contributed by atoms with Crippen LogP contribution in [0.15, 0.2) is 76.4 Å². The number of carbonyl (C=O) groups excluding carboxylic acids is 1. The van der Waals surface area contributed by atoms with Crippen LogP contribution >= 0.6 is 11.8 Å². The van der Waals surface area contributed by atoms with E-state index in [0.29, 0.717) is 29.6 Å². The van der Waals surface area contributed by atoms with Crippen molar-refractivity contribution < 1.29 is 9.32 Å². The minimum absolute atomic E-state index is 0.145. The molecule has 0 bridgehead atoms. The van der Waals surface area contributed by atoms with Gasteiger partial charge >= 0.3 is 0 Å². The van der Waals surface area contributed by atoms with Crippen molar-refractivity contribution in [1.29, 1.82) is 0 Å². The van der Waals surface area contributed by atoms with Crippen LogP contribution in [-0.4, -0.2) is 31.1 Å². The fraction of sp³-hybridized carbons (Fsp3) is 0.217. The summed E-state index contributed by atoms with van der Waals surface area (Å²) in [5, 5.41) is 15.9. The monoisotopic (exact) mass is 433 g/mol. The normalized spacial score (nSPS) is 11.9. The van der Waals surface area contributed by atoms with Crippen molar-refractivity contribution in [2.75, 3.05) is 5.32 Å². The first kappa shape index (κ1) is 20.9. The number of nitrogens with one attached hydrogen (secondary N) is 1. The number of benzene rings is 2. The van der Waals surface area contributed by atoms with E-state index in [1.54, 1.807) is 13.0 Å². The summed E-state index contributed by atoms with van der Waals surface area (Å²) in [6, 6.07) is 21.8. The third-order valence-electron chi connectivity index (χ3n) is 4.71. The molecule has 0 fully saturated rings. The van der Waals surface area contributed by atoms with Gasteiger partial charge in [-0.15, -0.1) is 10.2 Å². The molecule has 2 heterocycles. The van der Waals surface area contributed by atoms with Crippen LogP contribution in [0.1, 0.15) is 30.5 Å². The Hall–Kier alpha value is -3.39. The number of hydrogen-bond acceptors (Lipinski definition) is 6. The van der Waals surface area contributed by atoms with Crippen molar-refractivity contribution in [3.8, 4) is 5.69 Å². The SMILES string of the molecule is CCC(Sc1nnc(Cc2ccccc2)n1-c1ccccc1)C(=O)Nc1cc(C)on1. The van der Waals surface area contributed by atoms with Gasteiger partial charge < -0.3 is 9.84 Å². The number of thioether (sulfide) groups is 1. The van der Waals surface area contributed by atoms with Gasteiger partial charge in [-0.1, -0.05) is 72.4 Å². The predicted octanol–water partition coefficient (Wildman–Crippen LogP) is 4.66. The lowest BCUT2D eigenvalue weighted by atomic mass is 10.1. The summed E-state index contributed by atoms with van der Waals surface area (Å²) in [6.07, 6.45) is 1.27. The van der Waals surface area contributed by atoms with Gasteiger partial charge in [0.05, 0.1) is 5.25 Å². The molecule has 158 valence electrons. The second-order valence-corrected chi connectivity index (χ2v) is 8.23. The minimum atomic E-state index is -0.353. The Balaban J connectivity index is 1.61. The van der Waals surface area contributed by atoms with E-state index in [1.165, 1.54) is 11.8 Å². The fourth-order valence-electron chi connectivity index (χ4n) is 3.19. The number of aryl methyl sites for hydroxylation is 1. The van der Waals surface area contributed by atoms with E-state index in [0.717, 1.165) is 17.1 Å². The van der Waals surface area contributed by atoms with Crippen LogP contribution in [-0.2, 0) is 11.2 Å². The van der Waals surface area contributed by atoms with Gasteiger partial charge in [0.2, 0.25) is 5.91 Å². The summed E-state index contributed by atoms with van der Waals surface area (Å²) >= 11 is 1.39. The lowest BCUT2D eigenvalue weighted by Gasteiger charge is -2.15. The van der Waals surface area contributed by atoms with Gasteiger partial charge in [0.1, 0.15) is 11.6 Å². The molecule has 1 unspecified atom stereocenters. The molecule has 0 saturated heterocycles. The Morgan fingerprint density at radius 3 is 2.45 bits per heavy atom. The molecule has 2 aromatic carbocycles. The number of aromatic nitrogens is 4. The molecule has 4 rings (SSSR count). The van der Waals surface area contributed by atoms with E-state index in [9.17, 15) is 4.79 Å². The Morgan fingerprint density at radius 2 is 1.81 bits per heavy atom. The van der Waals surface area contributed by atoms with Crippen LogP contribution in [0.5, 0.6) is 0 Å². The van der Waals surface area contributed by atoms with Crippen LogP contribution in [0.2, 0.25) is 0 Å². The van der Waals surface area contributed by atoms with Crippen LogP contribution in [0.4, 0.5) is 5.82 Å². The Kier molecular flexibility index (Phi) is 6.47. The molecule has 0 aliphatic carbocycles. The average molecular weight is 434 g/mol. The highest BCUT2D eigenvalue weighted by Crippen LogP contribution is 2.29. The van der Waals surface area contributed by atoms with Gasteiger partial charge in [-0.25, -0.2) is 0 Å². The third kappa shape index (κ3) is 5.03. The summed E-state index contributed by atoms with van der Waals surface area (Å²) in [4.78, 5) is 12.8. The van der Waals surface area contributed by atoms with E-state index in [4.69, 9.17) is 4.52 Å². The highest BCUT2D eigenvalue weighted by Gasteiger charge is 2.24. The first-order valence-corrected chi connectivity index (χ1v) is 11.0. The summed E-state index contributed by atoms with van der Waals surface area (Å²) in [6.45, 7) is 3.75. The van der Waals surface area contributed by atoms with Crippen LogP contribution in [0.3, 0.4) is 0 Å². The summed E-state index contributed by atoms with van der Waals surface area (Å²) < 4.78 is 7.06. The molecular formula is C23H23N5O2S. The number of carbonyl (C=O) groups is 1. The number of hydrogen-bond donors (Lipinski definition) is 1. The zero-order chi connectivity index (χ0) is 21.6. The fourth-order valence-corrected chi connectivity index (χ4v) is 4.18. The second-order valence-electron chi connectivity index (χ2n) is 7.06. The van der Waals surface area contributed by atoms with E-state index in [1.807, 2.05) is 60.0 Å². The Morgan fingerprint density at radius 1 is 1.10 bits per heavy atom. The maximum atomic E-state index is 12.8. The van der Waals surface area contributed by atoms with Gasteiger partial charge in [0.25, 0.3) is 0 Å². The molecule has 31 heavy (non-hydrogen) atoms. The first-order valence-electron chi connectivity index (χ1n) is 10.1. The van der Waals surface area contributed by atoms with E-state index in [2.05, 4.69) is 32.8 Å². The standard InChI is InChI=1S/C23H23N5O2S/c1-3-19(22(29)24-20-14-16(2)30-27-20)31-23-26-25-21(15-17-10-6-4-7-11-17)28(23)18-12-8-5-9-13-18/h4-14,19H,3,15H2,1-2H3,(H,24,27,29). The summed E-state index contributed by atoms with van der Waals surface area (Å²) in [7, 11) is 0. The van der Waals surface area contributed by atoms with Gasteiger partial charge in [-0.05, 0) is 31.0 Å². The predicted molar refractivity (Wildman–Crippen MR) is 120 cm³/mol. The maximum Gasteiger partial charge on any atom is 0.239 e. The average Bonchev–Trinajstić information content (AvgIpc) is 3.38. The van der Waals surface area contributed by atoms with Crippen LogP contribution in [0.25, 0.3) is 5.69 Å². The van der Waals surface area contributed by atoms with Crippen LogP contribution < -0.4 is 5.32 Å². The Bertz CT molecular complexity index is 1140. The van der Waals surface area contributed by atoms with Crippen molar-refractivity contribution >= 4 is 23.5 Å². The van der Waals surface area contributed by atoms with Gasteiger partial charge in [0, 0.05) is 18.2 Å². The molecule has 1 amide bonds. The largest absolute Gasteiger partial charge is 0.360 e. The molecule has 0 aliphatic rings. The molecule has 8 heteroatoms. The minimum Gasteiger partial charge on any atom is -0.360 e. The molecule has 0 aliphatic heterocycles. The molecule has 1 atom stereocenters. The molecule has 1 N–H and O–H groups in total. The molecule has 2 aromatic heterocycles. The van der Waals surface area contributed by atoms with Crippen molar-refractivity contribution in [3.63, 3.8) is 0 Å². The van der Waals surface area contributed by atoms with E-state index < -0.39 is 0 Å². The lowest BCUT2D eigenvalue weighted by Crippen LogP contribution is -2.25. The number of para-hydroxylation sites is 1. The first-order chi connectivity index (χ1) is 15.1. The molecular weight excluding hydrogens is 410 g/mol. The topological polar surface area (TPSA) is 85.8 Å². The second kappa shape index (κ2) is 9.61. The maximum absolute atomic E-state index is 12.8. The number of nitrogens with zero attached hydrogens (tertiary/aromatic N) is 4. The number of anilines is 1. The quantitative estimate of drug-likeness (QED) is 0.407. The van der Waals surface area contributed by atoms with Crippen molar-refractivity contribution in [2.45, 2.75) is 37.1 Å². The Labute approximate surface area is 184 Å². The summed E-state index contributed by atoms with van der Waals surface area (Å²) in [5.74, 6) is 1.73. The molecule has 7 nitrogen and oxygen atoms in total. The van der Waals surface area contributed by atoms with Crippen molar-refractivity contribution in [3.05, 3.63) is 83.9 Å². The van der Waals surface area contributed by atoms with Crippen LogP contribution in [0, 0.1) is 6.92 Å². The molecule has 4 aromatic rings. The highest BCUT2D eigenvalue weighted by molar-refractivity contribution is 8.00. The van der Waals surface area contributed by atoms with Crippen molar-refractivity contribution in [1.82, 2.24) is 19.9 Å². The third-order valence-corrected chi connectivity index (χ3v) is 6.02.